The topological polar surface area (TPSA) is 65.3 Å². The minimum absolute atomic E-state index is 0.122. The minimum Gasteiger partial charge on any atom is -0.434 e. The molecule has 5 nitrogen and oxygen atoms in total. The van der Waals surface area contributed by atoms with Gasteiger partial charge in [-0.05, 0) is 47.1 Å². The fourth-order valence-corrected chi connectivity index (χ4v) is 1.75. The molecular weight excluding hydrogens is 319 g/mol. The number of pyridine rings is 1. The SMILES string of the molecule is Cc1ccc([N+](=O)[O-])c(Oc2ccc(F)c(Br)c2)n1. The Bertz CT molecular complexity index is 649. The molecule has 0 fully saturated rings. The predicted octanol–water partition coefficient (Wildman–Crippen LogP) is 3.99. The average Bonchev–Trinajstić information content (AvgIpc) is 2.33. The second-order valence-electron chi connectivity index (χ2n) is 3.71. The van der Waals surface area contributed by atoms with Gasteiger partial charge >= 0.3 is 5.69 Å². The lowest BCUT2D eigenvalue weighted by atomic mass is 10.3. The van der Waals surface area contributed by atoms with Gasteiger partial charge in [-0.3, -0.25) is 10.1 Å². The Balaban J connectivity index is 2.39. The number of ether oxygens (including phenoxy) is 1. The predicted molar refractivity (Wildman–Crippen MR) is 69.8 cm³/mol. The van der Waals surface area contributed by atoms with Gasteiger partial charge in [-0.25, -0.2) is 9.37 Å². The molecule has 0 amide bonds. The standard InChI is InChI=1S/C12H8BrFN2O3/c1-7-2-5-11(16(17)18)12(15-7)19-8-3-4-10(14)9(13)6-8/h2-6H,1H3. The number of aromatic nitrogens is 1. The van der Waals surface area contributed by atoms with Crippen molar-refractivity contribution in [2.75, 3.05) is 0 Å². The van der Waals surface area contributed by atoms with E-state index >= 15 is 0 Å². The molecule has 7 heteroatoms. The van der Waals surface area contributed by atoms with E-state index < -0.39 is 10.7 Å². The van der Waals surface area contributed by atoms with E-state index in [1.54, 1.807) is 6.92 Å². The number of hydrogen-bond donors (Lipinski definition) is 0. The highest BCUT2D eigenvalue weighted by Crippen LogP contribution is 2.31. The van der Waals surface area contributed by atoms with E-state index in [1.165, 1.54) is 30.3 Å². The Morgan fingerprint density at radius 2 is 2.11 bits per heavy atom. The summed E-state index contributed by atoms with van der Waals surface area (Å²) in [5.41, 5.74) is 0.341. The fraction of sp³-hybridized carbons (Fsp3) is 0.0833. The number of hydrogen-bond acceptors (Lipinski definition) is 4. The molecule has 2 rings (SSSR count). The van der Waals surface area contributed by atoms with Crippen LogP contribution in [0.15, 0.2) is 34.8 Å². The van der Waals surface area contributed by atoms with E-state index in [9.17, 15) is 14.5 Å². The molecule has 0 aliphatic rings. The van der Waals surface area contributed by atoms with Crippen molar-refractivity contribution in [2.45, 2.75) is 6.92 Å². The van der Waals surface area contributed by atoms with Crippen molar-refractivity contribution in [3.05, 3.63) is 56.4 Å². The molecule has 1 aromatic heterocycles. The van der Waals surface area contributed by atoms with E-state index in [0.29, 0.717) is 5.69 Å². The summed E-state index contributed by atoms with van der Waals surface area (Å²) < 4.78 is 18.6. The van der Waals surface area contributed by atoms with Crippen LogP contribution in [-0.2, 0) is 0 Å². The van der Waals surface area contributed by atoms with Crippen molar-refractivity contribution >= 4 is 21.6 Å². The lowest BCUT2D eigenvalue weighted by molar-refractivity contribution is -0.386. The van der Waals surface area contributed by atoms with Gasteiger partial charge in [-0.15, -0.1) is 0 Å². The Morgan fingerprint density at radius 1 is 1.37 bits per heavy atom. The first-order valence-electron chi connectivity index (χ1n) is 5.22. The van der Waals surface area contributed by atoms with Crippen LogP contribution in [0.2, 0.25) is 0 Å². The van der Waals surface area contributed by atoms with Crippen LogP contribution in [0.25, 0.3) is 0 Å². The lowest BCUT2D eigenvalue weighted by Crippen LogP contribution is -1.97. The van der Waals surface area contributed by atoms with Gasteiger partial charge in [0.25, 0.3) is 5.88 Å². The molecule has 98 valence electrons. The molecule has 19 heavy (non-hydrogen) atoms. The molecule has 0 atom stereocenters. The average molecular weight is 327 g/mol. The minimum atomic E-state index is -0.583. The van der Waals surface area contributed by atoms with Crippen LogP contribution in [0.4, 0.5) is 10.1 Å². The summed E-state index contributed by atoms with van der Waals surface area (Å²) in [5.74, 6) is -0.308. The number of nitro groups is 1. The van der Waals surface area contributed by atoms with Gasteiger partial charge in [-0.1, -0.05) is 0 Å². The summed E-state index contributed by atoms with van der Waals surface area (Å²) in [6.07, 6.45) is 0. The van der Waals surface area contributed by atoms with E-state index in [1.807, 2.05) is 0 Å². The molecule has 0 radical (unpaired) electrons. The van der Waals surface area contributed by atoms with Crippen molar-refractivity contribution in [1.82, 2.24) is 4.98 Å². The third-order valence-corrected chi connectivity index (χ3v) is 2.89. The van der Waals surface area contributed by atoms with E-state index in [4.69, 9.17) is 4.74 Å². The van der Waals surface area contributed by atoms with Gasteiger partial charge in [0.2, 0.25) is 0 Å². The summed E-state index contributed by atoms with van der Waals surface area (Å²) in [4.78, 5) is 14.2. The molecule has 0 saturated heterocycles. The molecular formula is C12H8BrFN2O3. The maximum absolute atomic E-state index is 13.1. The normalized spacial score (nSPS) is 10.3. The number of aryl methyl sites for hydroxylation is 1. The van der Waals surface area contributed by atoms with Crippen LogP contribution in [0, 0.1) is 22.9 Å². The summed E-state index contributed by atoms with van der Waals surface area (Å²) >= 11 is 3.01. The third-order valence-electron chi connectivity index (χ3n) is 2.28. The summed E-state index contributed by atoms with van der Waals surface area (Å²) in [7, 11) is 0. The molecule has 0 unspecified atom stereocenters. The molecule has 0 N–H and O–H groups in total. The molecule has 0 saturated carbocycles. The first-order chi connectivity index (χ1) is 8.97. The smallest absolute Gasteiger partial charge is 0.331 e. The number of rotatable bonds is 3. The van der Waals surface area contributed by atoms with Crippen molar-refractivity contribution in [3.63, 3.8) is 0 Å². The monoisotopic (exact) mass is 326 g/mol. The number of halogens is 2. The summed E-state index contributed by atoms with van der Waals surface area (Å²) in [5, 5.41) is 10.9. The van der Waals surface area contributed by atoms with E-state index in [2.05, 4.69) is 20.9 Å². The van der Waals surface area contributed by atoms with Gasteiger partial charge in [0.1, 0.15) is 11.6 Å². The molecule has 0 spiro atoms. The van der Waals surface area contributed by atoms with Crippen LogP contribution < -0.4 is 4.74 Å². The fourth-order valence-electron chi connectivity index (χ4n) is 1.39. The van der Waals surface area contributed by atoms with Crippen LogP contribution in [0.1, 0.15) is 5.69 Å². The zero-order chi connectivity index (χ0) is 14.0. The maximum Gasteiger partial charge on any atom is 0.331 e. The highest BCUT2D eigenvalue weighted by molar-refractivity contribution is 9.10. The third kappa shape index (κ3) is 3.05. The molecule has 2 aromatic rings. The first-order valence-corrected chi connectivity index (χ1v) is 6.01. The van der Waals surface area contributed by atoms with E-state index in [-0.39, 0.29) is 21.8 Å². The highest BCUT2D eigenvalue weighted by Gasteiger charge is 2.18. The van der Waals surface area contributed by atoms with Crippen LogP contribution >= 0.6 is 15.9 Å². The van der Waals surface area contributed by atoms with Gasteiger partial charge in [-0.2, -0.15) is 0 Å². The quantitative estimate of drug-likeness (QED) is 0.631. The van der Waals surface area contributed by atoms with Gasteiger partial charge in [0.05, 0.1) is 9.40 Å². The lowest BCUT2D eigenvalue weighted by Gasteiger charge is -2.06. The highest BCUT2D eigenvalue weighted by atomic mass is 79.9. The van der Waals surface area contributed by atoms with Crippen molar-refractivity contribution in [1.29, 1.82) is 0 Å². The van der Waals surface area contributed by atoms with E-state index in [0.717, 1.165) is 0 Å². The van der Waals surface area contributed by atoms with Crippen molar-refractivity contribution in [2.24, 2.45) is 0 Å². The zero-order valence-electron chi connectivity index (χ0n) is 9.76. The second kappa shape index (κ2) is 5.31. The molecule has 0 bridgehead atoms. The summed E-state index contributed by atoms with van der Waals surface area (Å²) in [6, 6.07) is 6.78. The van der Waals surface area contributed by atoms with Gasteiger partial charge < -0.3 is 4.74 Å². The number of nitrogens with zero attached hydrogens (tertiary/aromatic N) is 2. The van der Waals surface area contributed by atoms with Gasteiger partial charge in [0, 0.05) is 11.8 Å². The Labute approximate surface area is 116 Å². The zero-order valence-corrected chi connectivity index (χ0v) is 11.3. The molecule has 1 aromatic carbocycles. The van der Waals surface area contributed by atoms with Crippen molar-refractivity contribution in [3.8, 4) is 11.6 Å². The van der Waals surface area contributed by atoms with Crippen LogP contribution in [-0.4, -0.2) is 9.91 Å². The molecule has 1 heterocycles. The second-order valence-corrected chi connectivity index (χ2v) is 4.57. The Morgan fingerprint density at radius 3 is 2.74 bits per heavy atom. The Kier molecular flexibility index (Phi) is 3.75. The summed E-state index contributed by atoms with van der Waals surface area (Å²) in [6.45, 7) is 1.69. The molecule has 0 aliphatic carbocycles. The molecule has 0 aliphatic heterocycles. The van der Waals surface area contributed by atoms with Crippen LogP contribution in [0.3, 0.4) is 0 Å². The maximum atomic E-state index is 13.1. The number of benzene rings is 1. The van der Waals surface area contributed by atoms with Gasteiger partial charge in [0.15, 0.2) is 0 Å². The first kappa shape index (κ1) is 13.4. The van der Waals surface area contributed by atoms with Crippen LogP contribution in [0.5, 0.6) is 11.6 Å². The Hall–Kier alpha value is -2.02. The largest absolute Gasteiger partial charge is 0.434 e. The van der Waals surface area contributed by atoms with Crippen molar-refractivity contribution < 1.29 is 14.1 Å².